The number of carbonyl (C=O) groups is 2. The Morgan fingerprint density at radius 1 is 1.07 bits per heavy atom. The fraction of sp³-hybridized carbons (Fsp3) is 0.810. The molecule has 0 saturated carbocycles. The Balaban J connectivity index is 1.44. The number of hydrogen-bond donors (Lipinski definition) is 0. The van der Waals surface area contributed by atoms with Gasteiger partial charge in [-0.1, -0.05) is 32.4 Å². The summed E-state index contributed by atoms with van der Waals surface area (Å²) in [4.78, 5) is 32.6. The third kappa shape index (κ3) is 4.48. The number of amides is 3. The average molecular weight is 377 g/mol. The highest BCUT2D eigenvalue weighted by Gasteiger charge is 2.47. The van der Waals surface area contributed by atoms with Crippen molar-refractivity contribution in [2.24, 2.45) is 10.8 Å². The molecule has 1 spiro atoms. The minimum Gasteiger partial charge on any atom is -0.348 e. The van der Waals surface area contributed by atoms with Gasteiger partial charge in [0.05, 0.1) is 6.54 Å². The van der Waals surface area contributed by atoms with Gasteiger partial charge in [0.2, 0.25) is 5.91 Å². The number of hydrogen-bond acceptors (Lipinski definition) is 3. The Hall–Kier alpha value is -1.56. The summed E-state index contributed by atoms with van der Waals surface area (Å²) in [6.07, 6.45) is 5.41. The van der Waals surface area contributed by atoms with E-state index >= 15 is 0 Å². The van der Waals surface area contributed by atoms with Crippen LogP contribution in [0.1, 0.15) is 40.0 Å². The standard InChI is InChI=1S/C21H36N4O2/c1-20(2,3)17-6-10-24(11-7-17)19(27)25-15-21(16-25)8-12-23(13-9-21)14-18(26)22(4)5/h6H,7-16H2,1-5H3. The van der Waals surface area contributed by atoms with E-state index in [-0.39, 0.29) is 22.8 Å². The zero-order valence-electron chi connectivity index (χ0n) is 17.8. The molecule has 3 aliphatic rings. The van der Waals surface area contributed by atoms with Gasteiger partial charge in [-0.3, -0.25) is 9.69 Å². The molecule has 6 nitrogen and oxygen atoms in total. The Morgan fingerprint density at radius 2 is 1.70 bits per heavy atom. The lowest BCUT2D eigenvalue weighted by atomic mass is 9.72. The van der Waals surface area contributed by atoms with Gasteiger partial charge >= 0.3 is 6.03 Å². The summed E-state index contributed by atoms with van der Waals surface area (Å²) in [7, 11) is 3.62. The van der Waals surface area contributed by atoms with Crippen molar-refractivity contribution in [2.45, 2.75) is 40.0 Å². The van der Waals surface area contributed by atoms with Crippen molar-refractivity contribution in [3.05, 3.63) is 11.6 Å². The quantitative estimate of drug-likeness (QED) is 0.695. The monoisotopic (exact) mass is 376 g/mol. The summed E-state index contributed by atoms with van der Waals surface area (Å²) in [6, 6.07) is 0.204. The van der Waals surface area contributed by atoms with Gasteiger partial charge in [-0.25, -0.2) is 4.79 Å². The van der Waals surface area contributed by atoms with Crippen LogP contribution >= 0.6 is 0 Å². The zero-order valence-corrected chi connectivity index (χ0v) is 17.8. The van der Waals surface area contributed by atoms with Gasteiger partial charge in [-0.2, -0.15) is 0 Å². The van der Waals surface area contributed by atoms with Gasteiger partial charge in [0, 0.05) is 45.7 Å². The molecule has 0 bridgehead atoms. The van der Waals surface area contributed by atoms with Crippen LogP contribution in [-0.4, -0.2) is 91.4 Å². The van der Waals surface area contributed by atoms with Gasteiger partial charge < -0.3 is 14.7 Å². The highest BCUT2D eigenvalue weighted by Crippen LogP contribution is 2.41. The molecular formula is C21H36N4O2. The molecule has 0 aromatic heterocycles. The van der Waals surface area contributed by atoms with Crippen LogP contribution in [0.4, 0.5) is 4.79 Å². The van der Waals surface area contributed by atoms with Crippen LogP contribution in [-0.2, 0) is 4.79 Å². The summed E-state index contributed by atoms with van der Waals surface area (Å²) in [5.41, 5.74) is 1.96. The van der Waals surface area contributed by atoms with Gasteiger partial charge in [0.15, 0.2) is 0 Å². The van der Waals surface area contributed by atoms with Crippen LogP contribution in [0.15, 0.2) is 11.6 Å². The summed E-state index contributed by atoms with van der Waals surface area (Å²) in [5.74, 6) is 0.171. The second-order valence-corrected chi connectivity index (χ2v) is 9.88. The van der Waals surface area contributed by atoms with Crippen molar-refractivity contribution in [1.29, 1.82) is 0 Å². The molecule has 6 heteroatoms. The topological polar surface area (TPSA) is 47.1 Å². The molecule has 3 aliphatic heterocycles. The first kappa shape index (κ1) is 20.2. The Labute approximate surface area is 164 Å². The molecule has 0 unspecified atom stereocenters. The maximum absolute atomic E-state index is 12.8. The van der Waals surface area contributed by atoms with Crippen molar-refractivity contribution >= 4 is 11.9 Å². The number of piperidine rings is 1. The molecule has 152 valence electrons. The van der Waals surface area contributed by atoms with Crippen LogP contribution in [0.5, 0.6) is 0 Å². The van der Waals surface area contributed by atoms with Crippen molar-refractivity contribution in [3.63, 3.8) is 0 Å². The summed E-state index contributed by atoms with van der Waals surface area (Å²) >= 11 is 0. The van der Waals surface area contributed by atoms with E-state index in [4.69, 9.17) is 0 Å². The fourth-order valence-corrected chi connectivity index (χ4v) is 4.46. The lowest BCUT2D eigenvalue weighted by molar-refractivity contribution is -0.131. The maximum Gasteiger partial charge on any atom is 0.320 e. The minimum absolute atomic E-state index is 0.171. The van der Waals surface area contributed by atoms with Gasteiger partial charge in [0.25, 0.3) is 0 Å². The van der Waals surface area contributed by atoms with Gasteiger partial charge in [-0.05, 0) is 37.8 Å². The van der Waals surface area contributed by atoms with Crippen LogP contribution in [0.2, 0.25) is 0 Å². The van der Waals surface area contributed by atoms with E-state index < -0.39 is 0 Å². The average Bonchev–Trinajstić information content (AvgIpc) is 2.59. The first-order valence-corrected chi connectivity index (χ1v) is 10.3. The summed E-state index contributed by atoms with van der Waals surface area (Å²) in [5, 5.41) is 0. The number of carbonyl (C=O) groups excluding carboxylic acids is 2. The molecule has 3 amide bonds. The molecule has 3 rings (SSSR count). The van der Waals surface area contributed by atoms with Gasteiger partial charge in [-0.15, -0.1) is 0 Å². The predicted molar refractivity (Wildman–Crippen MR) is 107 cm³/mol. The fourth-order valence-electron chi connectivity index (χ4n) is 4.46. The van der Waals surface area contributed by atoms with E-state index in [0.717, 1.165) is 58.5 Å². The number of likely N-dealkylation sites (tertiary alicyclic amines) is 2. The van der Waals surface area contributed by atoms with Crippen LogP contribution in [0, 0.1) is 10.8 Å². The number of rotatable bonds is 2. The van der Waals surface area contributed by atoms with Gasteiger partial charge in [0.1, 0.15) is 0 Å². The predicted octanol–water partition coefficient (Wildman–Crippen LogP) is 2.27. The van der Waals surface area contributed by atoms with Crippen molar-refractivity contribution in [2.75, 3.05) is 59.9 Å². The highest BCUT2D eigenvalue weighted by molar-refractivity contribution is 5.77. The van der Waals surface area contributed by atoms with Crippen molar-refractivity contribution in [3.8, 4) is 0 Å². The first-order valence-electron chi connectivity index (χ1n) is 10.3. The Morgan fingerprint density at radius 3 is 2.19 bits per heavy atom. The van der Waals surface area contributed by atoms with E-state index in [0.29, 0.717) is 6.54 Å². The van der Waals surface area contributed by atoms with Crippen molar-refractivity contribution in [1.82, 2.24) is 19.6 Å². The largest absolute Gasteiger partial charge is 0.348 e. The summed E-state index contributed by atoms with van der Waals surface area (Å²) in [6.45, 7) is 12.5. The maximum atomic E-state index is 12.8. The molecule has 0 atom stereocenters. The molecule has 2 saturated heterocycles. The Kier molecular flexibility index (Phi) is 5.57. The Bertz CT molecular complexity index is 604. The molecule has 0 aromatic rings. The molecule has 0 N–H and O–H groups in total. The van der Waals surface area contributed by atoms with Crippen LogP contribution in [0.3, 0.4) is 0 Å². The number of nitrogens with zero attached hydrogens (tertiary/aromatic N) is 4. The van der Waals surface area contributed by atoms with E-state index in [1.165, 1.54) is 5.57 Å². The van der Waals surface area contributed by atoms with Crippen LogP contribution < -0.4 is 0 Å². The second-order valence-electron chi connectivity index (χ2n) is 9.88. The van der Waals surface area contributed by atoms with Crippen LogP contribution in [0.25, 0.3) is 0 Å². The van der Waals surface area contributed by atoms with Crippen molar-refractivity contribution < 1.29 is 9.59 Å². The summed E-state index contributed by atoms with van der Waals surface area (Å²) < 4.78 is 0. The van der Waals surface area contributed by atoms with E-state index in [1.807, 2.05) is 23.9 Å². The second kappa shape index (κ2) is 7.46. The smallest absolute Gasteiger partial charge is 0.320 e. The zero-order chi connectivity index (χ0) is 19.8. The third-order valence-corrected chi connectivity index (χ3v) is 6.54. The normalized spacial score (nSPS) is 23.1. The SMILES string of the molecule is CN(C)C(=O)CN1CCC2(CC1)CN(C(=O)N1CC=C(C(C)(C)C)CC1)C2. The molecule has 27 heavy (non-hydrogen) atoms. The molecule has 0 aliphatic carbocycles. The molecule has 3 heterocycles. The van der Waals surface area contributed by atoms with E-state index in [2.05, 4.69) is 31.7 Å². The molecule has 2 fully saturated rings. The molecule has 0 aromatic carbocycles. The highest BCUT2D eigenvalue weighted by atomic mass is 16.2. The van der Waals surface area contributed by atoms with E-state index in [9.17, 15) is 9.59 Å². The molecule has 0 radical (unpaired) electrons. The molecular weight excluding hydrogens is 340 g/mol. The number of likely N-dealkylation sites (N-methyl/N-ethyl adjacent to an activating group) is 1. The third-order valence-electron chi connectivity index (χ3n) is 6.54. The number of urea groups is 1. The lowest BCUT2D eigenvalue weighted by Crippen LogP contribution is -2.64. The lowest BCUT2D eigenvalue weighted by Gasteiger charge is -2.54. The van der Waals surface area contributed by atoms with E-state index in [1.54, 1.807) is 4.90 Å². The minimum atomic E-state index is 0.171. The first-order chi connectivity index (χ1) is 12.6.